The van der Waals surface area contributed by atoms with Crippen molar-refractivity contribution < 1.29 is 24.0 Å². The van der Waals surface area contributed by atoms with Crippen molar-refractivity contribution in [1.82, 2.24) is 10.2 Å². The van der Waals surface area contributed by atoms with Gasteiger partial charge in [-0.25, -0.2) is 4.90 Å². The summed E-state index contributed by atoms with van der Waals surface area (Å²) >= 11 is 0. The van der Waals surface area contributed by atoms with Crippen LogP contribution < -0.4 is 5.32 Å². The van der Waals surface area contributed by atoms with Crippen molar-refractivity contribution >= 4 is 29.4 Å². The molecule has 0 fully saturated rings. The van der Waals surface area contributed by atoms with Gasteiger partial charge < -0.3 is 0 Å². The molecule has 7 nitrogen and oxygen atoms in total. The minimum Gasteiger partial charge on any atom is -0.289 e. The summed E-state index contributed by atoms with van der Waals surface area (Å²) in [5.41, 5.74) is 1.23. The van der Waals surface area contributed by atoms with E-state index >= 15 is 0 Å². The number of nitrogens with one attached hydrogen (secondary N) is 1. The minimum atomic E-state index is -0.573. The van der Waals surface area contributed by atoms with E-state index in [0.717, 1.165) is 4.90 Å². The fourth-order valence-corrected chi connectivity index (χ4v) is 3.45. The highest BCUT2D eigenvalue weighted by atomic mass is 16.2. The Morgan fingerprint density at radius 1 is 0.800 bits per heavy atom. The van der Waals surface area contributed by atoms with Gasteiger partial charge in [-0.1, -0.05) is 31.4 Å². The van der Waals surface area contributed by atoms with E-state index in [4.69, 9.17) is 0 Å². The number of nitrogens with zero attached hydrogens (tertiary/aromatic N) is 1. The molecule has 1 N–H and O–H groups in total. The van der Waals surface area contributed by atoms with Gasteiger partial charge in [0.15, 0.2) is 5.78 Å². The van der Waals surface area contributed by atoms with Crippen molar-refractivity contribution in [2.45, 2.75) is 0 Å². The molecule has 0 unspecified atom stereocenters. The fraction of sp³-hybridized carbons (Fsp3) is 0. The predicted octanol–water partition coefficient (Wildman–Crippen LogP) is 2.65. The molecule has 0 spiro atoms. The lowest BCUT2D eigenvalue weighted by Crippen LogP contribution is -2.28. The lowest BCUT2D eigenvalue weighted by molar-refractivity contribution is 0.0708. The molecule has 4 rings (SSSR count). The van der Waals surface area contributed by atoms with Crippen molar-refractivity contribution in [3.05, 3.63) is 107 Å². The van der Waals surface area contributed by atoms with Crippen molar-refractivity contribution in [2.24, 2.45) is 0 Å². The van der Waals surface area contributed by atoms with E-state index in [1.165, 1.54) is 54.6 Å². The van der Waals surface area contributed by atoms with Gasteiger partial charge in [-0.15, -0.1) is 0 Å². The highest BCUT2D eigenvalue weighted by Crippen LogP contribution is 2.29. The Morgan fingerprint density at radius 3 is 2.00 bits per heavy atom. The number of ketones is 1. The number of fused-ring (bicyclic) bond motifs is 2. The summed E-state index contributed by atoms with van der Waals surface area (Å²) in [6.07, 6.45) is 4.29. The summed E-state index contributed by atoms with van der Waals surface area (Å²) in [4.78, 5) is 62.9. The van der Waals surface area contributed by atoms with Gasteiger partial charge in [-0.05, 0) is 36.4 Å². The first-order valence-corrected chi connectivity index (χ1v) is 8.89. The van der Waals surface area contributed by atoms with Crippen LogP contribution >= 0.6 is 0 Å². The average Bonchev–Trinajstić information content (AvgIpc) is 3.18. The first kappa shape index (κ1) is 18.9. The van der Waals surface area contributed by atoms with Crippen molar-refractivity contribution in [3.8, 4) is 0 Å². The Bertz CT molecular complexity index is 1250. The first-order valence-electron chi connectivity index (χ1n) is 8.89. The number of hydrogen-bond donors (Lipinski definition) is 1. The predicted molar refractivity (Wildman–Crippen MR) is 107 cm³/mol. The molecule has 0 saturated carbocycles. The summed E-state index contributed by atoms with van der Waals surface area (Å²) in [5, 5.41) is 2.17. The van der Waals surface area contributed by atoms with Gasteiger partial charge >= 0.3 is 0 Å². The maximum absolute atomic E-state index is 12.9. The van der Waals surface area contributed by atoms with Gasteiger partial charge in [0.2, 0.25) is 0 Å². The van der Waals surface area contributed by atoms with E-state index in [1.807, 2.05) is 0 Å². The normalized spacial score (nSPS) is 15.1. The van der Waals surface area contributed by atoms with Crippen LogP contribution in [0.5, 0.6) is 0 Å². The minimum absolute atomic E-state index is 0.0942. The summed E-state index contributed by atoms with van der Waals surface area (Å²) in [7, 11) is 0. The molecule has 2 aliphatic rings. The second-order valence-electron chi connectivity index (χ2n) is 6.61. The van der Waals surface area contributed by atoms with E-state index in [9.17, 15) is 24.0 Å². The molecular weight excluding hydrogens is 384 g/mol. The van der Waals surface area contributed by atoms with Gasteiger partial charge in [0.25, 0.3) is 23.6 Å². The summed E-state index contributed by atoms with van der Waals surface area (Å²) in [5.74, 6) is -2.62. The van der Waals surface area contributed by atoms with Crippen LogP contribution in [-0.4, -0.2) is 34.3 Å². The number of benzene rings is 2. The molecular formula is C23H14N2O5. The Morgan fingerprint density at radius 2 is 1.37 bits per heavy atom. The molecule has 30 heavy (non-hydrogen) atoms. The number of allylic oxidation sites excluding steroid dienone is 3. The maximum atomic E-state index is 12.9. The van der Waals surface area contributed by atoms with Crippen LogP contribution in [0.3, 0.4) is 0 Å². The number of rotatable bonds is 5. The van der Waals surface area contributed by atoms with Crippen LogP contribution in [-0.2, 0) is 0 Å². The third-order valence-electron chi connectivity index (χ3n) is 4.90. The zero-order chi connectivity index (χ0) is 21.6. The van der Waals surface area contributed by atoms with Crippen LogP contribution in [0, 0.1) is 0 Å². The number of imide groups is 2. The van der Waals surface area contributed by atoms with Crippen LogP contribution in [0.15, 0.2) is 73.5 Å². The van der Waals surface area contributed by atoms with Gasteiger partial charge in [0.05, 0.1) is 28.0 Å². The summed E-state index contributed by atoms with van der Waals surface area (Å²) in [6, 6.07) is 8.40. The van der Waals surface area contributed by atoms with Crippen LogP contribution in [0.1, 0.15) is 57.4 Å². The average molecular weight is 398 g/mol. The zero-order valence-electron chi connectivity index (χ0n) is 15.6. The standard InChI is InChI=1S/C23H14N2O5/c1-3-5-14(4-2)25-22(29)16-9-7-13(11-18(16)23(25)30)19(26)12-6-8-15-17(10-12)21(28)24-20(15)27/h3-11H,1-2H2,(H,24,27,28)/b14-5+. The van der Waals surface area contributed by atoms with Gasteiger partial charge in [0.1, 0.15) is 0 Å². The lowest BCUT2D eigenvalue weighted by atomic mass is 9.96. The second kappa shape index (κ2) is 6.89. The first-order chi connectivity index (χ1) is 14.4. The highest BCUT2D eigenvalue weighted by molar-refractivity contribution is 6.25. The molecule has 4 amide bonds. The van der Waals surface area contributed by atoms with Gasteiger partial charge in [-0.2, -0.15) is 0 Å². The lowest BCUT2D eigenvalue weighted by Gasteiger charge is -2.14. The van der Waals surface area contributed by atoms with Crippen molar-refractivity contribution in [2.75, 3.05) is 0 Å². The van der Waals surface area contributed by atoms with Crippen molar-refractivity contribution in [3.63, 3.8) is 0 Å². The largest absolute Gasteiger partial charge is 0.289 e. The molecule has 0 aliphatic carbocycles. The number of carbonyl (C=O) groups excluding carboxylic acids is 5. The molecule has 0 atom stereocenters. The Labute approximate surface area is 171 Å². The van der Waals surface area contributed by atoms with Crippen molar-refractivity contribution in [1.29, 1.82) is 0 Å². The molecule has 2 heterocycles. The monoisotopic (exact) mass is 398 g/mol. The molecule has 2 aromatic rings. The van der Waals surface area contributed by atoms with E-state index in [0.29, 0.717) is 0 Å². The Kier molecular flexibility index (Phi) is 4.35. The molecule has 0 radical (unpaired) electrons. The number of hydrogen-bond acceptors (Lipinski definition) is 5. The smallest absolute Gasteiger partial charge is 0.266 e. The maximum Gasteiger partial charge on any atom is 0.266 e. The third kappa shape index (κ3) is 2.72. The third-order valence-corrected chi connectivity index (χ3v) is 4.90. The number of carbonyl (C=O) groups is 5. The van der Waals surface area contributed by atoms with E-state index in [-0.39, 0.29) is 39.1 Å². The molecule has 2 aromatic carbocycles. The van der Waals surface area contributed by atoms with E-state index < -0.39 is 29.4 Å². The fourth-order valence-electron chi connectivity index (χ4n) is 3.45. The topological polar surface area (TPSA) is 101 Å². The van der Waals surface area contributed by atoms with Gasteiger partial charge in [0, 0.05) is 11.1 Å². The SMILES string of the molecule is C=C/C=C(\C=C)N1C(=O)c2ccc(C(=O)c3ccc4c(c3)C(=O)NC4=O)cc2C1=O. The van der Waals surface area contributed by atoms with Crippen LogP contribution in [0.4, 0.5) is 0 Å². The molecule has 7 heteroatoms. The van der Waals surface area contributed by atoms with Gasteiger partial charge in [-0.3, -0.25) is 29.3 Å². The summed E-state index contributed by atoms with van der Waals surface area (Å²) in [6.45, 7) is 7.17. The second-order valence-corrected chi connectivity index (χ2v) is 6.61. The highest BCUT2D eigenvalue weighted by Gasteiger charge is 2.37. The molecule has 0 aromatic heterocycles. The molecule has 146 valence electrons. The molecule has 0 saturated heterocycles. The zero-order valence-corrected chi connectivity index (χ0v) is 15.6. The van der Waals surface area contributed by atoms with E-state index in [1.54, 1.807) is 0 Å². The number of amides is 4. The quantitative estimate of drug-likeness (QED) is 0.474. The Balaban J connectivity index is 1.72. The van der Waals surface area contributed by atoms with E-state index in [2.05, 4.69) is 18.5 Å². The Hall–Kier alpha value is -4.39. The summed E-state index contributed by atoms with van der Waals surface area (Å²) < 4.78 is 0. The van der Waals surface area contributed by atoms with Crippen LogP contribution in [0.25, 0.3) is 0 Å². The molecule has 0 bridgehead atoms. The molecule has 2 aliphatic heterocycles. The van der Waals surface area contributed by atoms with Crippen LogP contribution in [0.2, 0.25) is 0 Å².